The zero-order chi connectivity index (χ0) is 24.4. The van der Waals surface area contributed by atoms with E-state index in [4.69, 9.17) is 28.2 Å². The van der Waals surface area contributed by atoms with Crippen molar-refractivity contribution in [2.45, 2.75) is 16.7 Å². The molecule has 0 spiro atoms. The van der Waals surface area contributed by atoms with Crippen LogP contribution in [0.2, 0.25) is 10.0 Å². The van der Waals surface area contributed by atoms with Gasteiger partial charge in [0.15, 0.2) is 0 Å². The zero-order valence-corrected chi connectivity index (χ0v) is 21.8. The highest BCUT2D eigenvalue weighted by molar-refractivity contribution is 7.99. The van der Waals surface area contributed by atoms with Crippen molar-refractivity contribution in [1.82, 2.24) is 10.2 Å². The van der Waals surface area contributed by atoms with Crippen molar-refractivity contribution in [2.75, 3.05) is 44.2 Å². The number of halogens is 2. The van der Waals surface area contributed by atoms with Crippen LogP contribution in [0.5, 0.6) is 0 Å². The Labute approximate surface area is 220 Å². The molecule has 0 aliphatic carbocycles. The first-order chi connectivity index (χ1) is 17.0. The maximum absolute atomic E-state index is 12.8. The minimum atomic E-state index is -0.0759. The van der Waals surface area contributed by atoms with Gasteiger partial charge in [-0.25, -0.2) is 0 Å². The minimum Gasteiger partial charge on any atom is -0.369 e. The number of benzene rings is 3. The zero-order valence-electron chi connectivity index (χ0n) is 19.4. The molecule has 0 radical (unpaired) electrons. The largest absolute Gasteiger partial charge is 0.369 e. The predicted octanol–water partition coefficient (Wildman–Crippen LogP) is 6.15. The predicted molar refractivity (Wildman–Crippen MR) is 146 cm³/mol. The number of amides is 1. The average molecular weight is 526 g/mol. The van der Waals surface area contributed by atoms with Gasteiger partial charge in [-0.3, -0.25) is 14.7 Å². The molecule has 1 fully saturated rings. The van der Waals surface area contributed by atoms with Gasteiger partial charge < -0.3 is 10.2 Å². The number of carbonyl (C=O) groups excluding carboxylic acids is 1. The molecule has 0 atom stereocenters. The summed E-state index contributed by atoms with van der Waals surface area (Å²) < 4.78 is 0. The number of rotatable bonds is 5. The van der Waals surface area contributed by atoms with Crippen LogP contribution < -0.4 is 10.2 Å². The van der Waals surface area contributed by atoms with Crippen molar-refractivity contribution in [3.05, 3.63) is 81.8 Å². The Morgan fingerprint density at radius 2 is 1.74 bits per heavy atom. The van der Waals surface area contributed by atoms with Crippen LogP contribution in [-0.2, 0) is 0 Å². The molecule has 1 saturated heterocycles. The van der Waals surface area contributed by atoms with Gasteiger partial charge in [-0.1, -0.05) is 41.0 Å². The van der Waals surface area contributed by atoms with Gasteiger partial charge in [0.25, 0.3) is 5.91 Å². The maximum atomic E-state index is 12.8. The number of carbonyl (C=O) groups is 1. The fraction of sp³-hybridized carbons (Fsp3) is 0.259. The Morgan fingerprint density at radius 1 is 0.971 bits per heavy atom. The molecule has 3 aromatic rings. The lowest BCUT2D eigenvalue weighted by Gasteiger charge is -2.36. The Kier molecular flexibility index (Phi) is 7.35. The van der Waals surface area contributed by atoms with E-state index in [0.717, 1.165) is 70.2 Å². The van der Waals surface area contributed by atoms with Crippen molar-refractivity contribution in [3.63, 3.8) is 0 Å². The molecule has 2 heterocycles. The second-order valence-corrected chi connectivity index (χ2v) is 10.6. The summed E-state index contributed by atoms with van der Waals surface area (Å²) in [4.78, 5) is 24.5. The van der Waals surface area contributed by atoms with Crippen LogP contribution >= 0.6 is 35.0 Å². The normalized spacial score (nSPS) is 15.6. The highest BCUT2D eigenvalue weighted by atomic mass is 35.5. The second kappa shape index (κ2) is 10.6. The van der Waals surface area contributed by atoms with E-state index in [9.17, 15) is 4.79 Å². The Hall–Kier alpha value is -2.51. The molecule has 0 bridgehead atoms. The molecule has 5 rings (SSSR count). The van der Waals surface area contributed by atoms with Crippen LogP contribution in [0.25, 0.3) is 0 Å². The third-order valence-corrected chi connectivity index (χ3v) is 7.93. The average Bonchev–Trinajstić information content (AvgIpc) is 2.99. The summed E-state index contributed by atoms with van der Waals surface area (Å²) in [6.07, 6.45) is 0. The van der Waals surface area contributed by atoms with Crippen LogP contribution in [0, 0.1) is 0 Å². The number of fused-ring (bicyclic) bond motifs is 2. The van der Waals surface area contributed by atoms with Crippen molar-refractivity contribution >= 4 is 58.0 Å². The molecule has 3 aromatic carbocycles. The first-order valence-corrected chi connectivity index (χ1v) is 13.2. The lowest BCUT2D eigenvalue weighted by atomic mass is 10.1. The minimum absolute atomic E-state index is 0.0759. The molecule has 180 valence electrons. The quantitative estimate of drug-likeness (QED) is 0.434. The lowest BCUT2D eigenvalue weighted by Crippen LogP contribution is -2.48. The monoisotopic (exact) mass is 524 g/mol. The number of anilines is 1. The second-order valence-electron chi connectivity index (χ2n) is 8.69. The van der Waals surface area contributed by atoms with Gasteiger partial charge in [0.1, 0.15) is 0 Å². The van der Waals surface area contributed by atoms with Gasteiger partial charge >= 0.3 is 0 Å². The van der Waals surface area contributed by atoms with E-state index >= 15 is 0 Å². The van der Waals surface area contributed by atoms with Crippen molar-refractivity contribution in [3.8, 4) is 0 Å². The van der Waals surface area contributed by atoms with Crippen LogP contribution in [0.4, 0.5) is 11.4 Å². The number of hydrogen-bond acceptors (Lipinski definition) is 5. The molecule has 5 nitrogen and oxygen atoms in total. The fourth-order valence-electron chi connectivity index (χ4n) is 4.40. The first kappa shape index (κ1) is 24.2. The SMILES string of the molecule is CC1=Nc2cc(C(=O)NCCN3CCN(c4cccc(Cl)c4)CC3)ccc2Sc2ccc(Cl)cc21. The van der Waals surface area contributed by atoms with Gasteiger partial charge in [0.2, 0.25) is 0 Å². The molecule has 2 aliphatic heterocycles. The van der Waals surface area contributed by atoms with Crippen LogP contribution in [0.15, 0.2) is 75.4 Å². The standard InChI is InChI=1S/C27H26Cl2N4OS/c1-18-23-17-21(29)6-8-25(23)35-26-7-5-19(15-24(26)31-18)27(34)30-9-10-32-11-13-33(14-12-32)22-4-2-3-20(28)16-22/h2-8,15-17H,9-14H2,1H3,(H,30,34). The maximum Gasteiger partial charge on any atom is 0.251 e. The first-order valence-electron chi connectivity index (χ1n) is 11.6. The van der Waals surface area contributed by atoms with E-state index in [1.807, 2.05) is 61.5 Å². The molecule has 35 heavy (non-hydrogen) atoms. The molecule has 1 amide bonds. The molecule has 0 aromatic heterocycles. The van der Waals surface area contributed by atoms with Gasteiger partial charge in [-0.05, 0) is 61.5 Å². The van der Waals surface area contributed by atoms with Crippen molar-refractivity contribution in [1.29, 1.82) is 0 Å². The van der Waals surface area contributed by atoms with Gasteiger partial charge in [-0.15, -0.1) is 0 Å². The number of aliphatic imine (C=N–C) groups is 1. The number of piperazine rings is 1. The number of hydrogen-bond donors (Lipinski definition) is 1. The summed E-state index contributed by atoms with van der Waals surface area (Å²) in [6, 6.07) is 19.6. The Morgan fingerprint density at radius 3 is 2.54 bits per heavy atom. The van der Waals surface area contributed by atoms with Crippen LogP contribution in [0.1, 0.15) is 22.8 Å². The van der Waals surface area contributed by atoms with Gasteiger partial charge in [0.05, 0.1) is 5.69 Å². The third kappa shape index (κ3) is 5.67. The van der Waals surface area contributed by atoms with Crippen molar-refractivity contribution in [2.24, 2.45) is 4.99 Å². The van der Waals surface area contributed by atoms with Gasteiger partial charge in [-0.2, -0.15) is 0 Å². The van der Waals surface area contributed by atoms with Crippen molar-refractivity contribution < 1.29 is 4.79 Å². The van der Waals surface area contributed by atoms with Crippen LogP contribution in [0.3, 0.4) is 0 Å². The molecule has 8 heteroatoms. The number of nitrogens with one attached hydrogen (secondary N) is 1. The van der Waals surface area contributed by atoms with E-state index in [1.165, 1.54) is 0 Å². The smallest absolute Gasteiger partial charge is 0.251 e. The summed E-state index contributed by atoms with van der Waals surface area (Å²) in [5.41, 5.74) is 4.51. The summed E-state index contributed by atoms with van der Waals surface area (Å²) in [7, 11) is 0. The fourth-order valence-corrected chi connectivity index (χ4v) is 5.79. The summed E-state index contributed by atoms with van der Waals surface area (Å²) in [5, 5.41) is 4.52. The molecule has 0 unspecified atom stereocenters. The topological polar surface area (TPSA) is 47.9 Å². The van der Waals surface area contributed by atoms with Gasteiger partial charge in [0, 0.05) is 81.6 Å². The van der Waals surface area contributed by atoms with E-state index in [2.05, 4.69) is 21.2 Å². The number of nitrogens with zero attached hydrogens (tertiary/aromatic N) is 3. The van der Waals surface area contributed by atoms with Crippen LogP contribution in [-0.4, -0.2) is 55.8 Å². The van der Waals surface area contributed by atoms with E-state index < -0.39 is 0 Å². The summed E-state index contributed by atoms with van der Waals surface area (Å²) >= 11 is 14.0. The third-order valence-electron chi connectivity index (χ3n) is 6.32. The summed E-state index contributed by atoms with van der Waals surface area (Å²) in [5.74, 6) is -0.0759. The molecular formula is C27H26Cl2N4OS. The summed E-state index contributed by atoms with van der Waals surface area (Å²) in [6.45, 7) is 7.21. The highest BCUT2D eigenvalue weighted by Gasteiger charge is 2.19. The lowest BCUT2D eigenvalue weighted by molar-refractivity contribution is 0.0947. The van der Waals surface area contributed by atoms with E-state index in [0.29, 0.717) is 17.1 Å². The molecule has 0 saturated carbocycles. The molecule has 1 N–H and O–H groups in total. The molecular weight excluding hydrogens is 499 g/mol. The van der Waals surface area contributed by atoms with E-state index in [1.54, 1.807) is 11.8 Å². The Balaban J connectivity index is 1.16. The highest BCUT2D eigenvalue weighted by Crippen LogP contribution is 2.41. The molecule has 2 aliphatic rings. The van der Waals surface area contributed by atoms with E-state index in [-0.39, 0.29) is 5.91 Å². The Bertz CT molecular complexity index is 1290.